The van der Waals surface area contributed by atoms with Gasteiger partial charge in [-0.25, -0.2) is 8.42 Å². The molecule has 3 N–H and O–H groups in total. The molecular weight excluding hydrogens is 352 g/mol. The van der Waals surface area contributed by atoms with Crippen LogP contribution in [0.3, 0.4) is 0 Å². The van der Waals surface area contributed by atoms with Crippen LogP contribution < -0.4 is 15.8 Å². The second-order valence-electron chi connectivity index (χ2n) is 5.89. The van der Waals surface area contributed by atoms with E-state index in [4.69, 9.17) is 10.5 Å². The standard InChI is InChI=1S/C16H26N2O4S.ClH/c1-12(2)13-4-6-14(7-5-13)22-10-9-18-16(19)15(17)8-11-23(3,20)21;/h4-7,12,15H,8-11,17H2,1-3H3,(H,18,19);1H. The molecule has 0 heterocycles. The summed E-state index contributed by atoms with van der Waals surface area (Å²) in [6, 6.07) is 7.00. The zero-order chi connectivity index (χ0) is 17.5. The van der Waals surface area contributed by atoms with Crippen LogP contribution in [0.25, 0.3) is 0 Å². The Labute approximate surface area is 150 Å². The van der Waals surface area contributed by atoms with Crippen LogP contribution in [0.2, 0.25) is 0 Å². The summed E-state index contributed by atoms with van der Waals surface area (Å²) in [4.78, 5) is 11.7. The molecule has 1 aromatic rings. The molecule has 0 fully saturated rings. The molecule has 0 saturated heterocycles. The average molecular weight is 379 g/mol. The molecule has 0 aliphatic heterocycles. The first kappa shape index (κ1) is 22.7. The largest absolute Gasteiger partial charge is 0.492 e. The summed E-state index contributed by atoms with van der Waals surface area (Å²) < 4.78 is 27.6. The van der Waals surface area contributed by atoms with Gasteiger partial charge in [0, 0.05) is 6.26 Å². The lowest BCUT2D eigenvalue weighted by atomic mass is 10.0. The molecule has 8 heteroatoms. The van der Waals surface area contributed by atoms with Crippen LogP contribution in [-0.2, 0) is 14.6 Å². The van der Waals surface area contributed by atoms with Crippen molar-refractivity contribution in [1.29, 1.82) is 0 Å². The lowest BCUT2D eigenvalue weighted by Gasteiger charge is -2.12. The average Bonchev–Trinajstić information content (AvgIpc) is 2.48. The zero-order valence-corrected chi connectivity index (χ0v) is 16.0. The number of nitrogens with one attached hydrogen (secondary N) is 1. The Morgan fingerprint density at radius 2 is 1.83 bits per heavy atom. The Bertz CT molecular complexity index is 603. The van der Waals surface area contributed by atoms with Crippen molar-refractivity contribution in [3.05, 3.63) is 29.8 Å². The number of hydrogen-bond acceptors (Lipinski definition) is 5. The molecule has 1 unspecified atom stereocenters. The van der Waals surface area contributed by atoms with Gasteiger partial charge in [0.05, 0.1) is 18.3 Å². The third-order valence-corrected chi connectivity index (χ3v) is 4.33. The maximum absolute atomic E-state index is 11.7. The Morgan fingerprint density at radius 3 is 2.33 bits per heavy atom. The van der Waals surface area contributed by atoms with E-state index in [1.807, 2.05) is 24.3 Å². The van der Waals surface area contributed by atoms with Gasteiger partial charge in [0.25, 0.3) is 0 Å². The van der Waals surface area contributed by atoms with Crippen molar-refractivity contribution in [2.45, 2.75) is 32.2 Å². The number of sulfone groups is 1. The van der Waals surface area contributed by atoms with Crippen LogP contribution in [0.5, 0.6) is 5.75 Å². The third kappa shape index (κ3) is 9.10. The van der Waals surface area contributed by atoms with Gasteiger partial charge < -0.3 is 15.8 Å². The lowest BCUT2D eigenvalue weighted by Crippen LogP contribution is -2.42. The highest BCUT2D eigenvalue weighted by Crippen LogP contribution is 2.18. The van der Waals surface area contributed by atoms with Crippen molar-refractivity contribution in [2.75, 3.05) is 25.2 Å². The number of amides is 1. The predicted octanol–water partition coefficient (Wildman–Crippen LogP) is 1.49. The zero-order valence-electron chi connectivity index (χ0n) is 14.3. The van der Waals surface area contributed by atoms with E-state index in [1.165, 1.54) is 5.56 Å². The highest BCUT2D eigenvalue weighted by molar-refractivity contribution is 7.90. The summed E-state index contributed by atoms with van der Waals surface area (Å²) in [6.07, 6.45) is 1.23. The molecule has 0 aromatic heterocycles. The molecule has 1 atom stereocenters. The third-order valence-electron chi connectivity index (χ3n) is 3.35. The number of benzene rings is 1. The minimum Gasteiger partial charge on any atom is -0.492 e. The maximum Gasteiger partial charge on any atom is 0.237 e. The van der Waals surface area contributed by atoms with E-state index in [2.05, 4.69) is 19.2 Å². The van der Waals surface area contributed by atoms with Crippen molar-refractivity contribution < 1.29 is 17.9 Å². The first-order valence-corrected chi connectivity index (χ1v) is 9.69. The van der Waals surface area contributed by atoms with Gasteiger partial charge in [0.15, 0.2) is 0 Å². The summed E-state index contributed by atoms with van der Waals surface area (Å²) >= 11 is 0. The Hall–Kier alpha value is -1.31. The second-order valence-corrected chi connectivity index (χ2v) is 8.15. The van der Waals surface area contributed by atoms with Crippen LogP contribution in [0.15, 0.2) is 24.3 Å². The van der Waals surface area contributed by atoms with Crippen LogP contribution in [0, 0.1) is 0 Å². The summed E-state index contributed by atoms with van der Waals surface area (Å²) in [5.41, 5.74) is 6.88. The molecule has 1 rings (SSSR count). The van der Waals surface area contributed by atoms with Gasteiger partial charge >= 0.3 is 0 Å². The molecule has 1 aromatic carbocycles. The highest BCUT2D eigenvalue weighted by atomic mass is 35.5. The fourth-order valence-corrected chi connectivity index (χ4v) is 2.58. The minimum atomic E-state index is -3.11. The first-order valence-electron chi connectivity index (χ1n) is 7.63. The quantitative estimate of drug-likeness (QED) is 0.634. The number of carbonyl (C=O) groups is 1. The van der Waals surface area contributed by atoms with E-state index >= 15 is 0 Å². The van der Waals surface area contributed by atoms with Gasteiger partial charge in [-0.1, -0.05) is 26.0 Å². The first-order chi connectivity index (χ1) is 10.7. The minimum absolute atomic E-state index is 0. The Balaban J connectivity index is 0.00000529. The Morgan fingerprint density at radius 1 is 1.25 bits per heavy atom. The summed E-state index contributed by atoms with van der Waals surface area (Å²) in [7, 11) is -3.11. The fourth-order valence-electron chi connectivity index (χ4n) is 1.90. The number of carbonyl (C=O) groups excluding carboxylic acids is 1. The topological polar surface area (TPSA) is 98.5 Å². The number of halogens is 1. The van der Waals surface area contributed by atoms with Crippen LogP contribution in [-0.4, -0.2) is 45.5 Å². The molecule has 0 aliphatic rings. The van der Waals surface area contributed by atoms with E-state index in [-0.39, 0.29) is 30.5 Å². The van der Waals surface area contributed by atoms with Crippen molar-refractivity contribution in [3.8, 4) is 5.75 Å². The normalized spacial score (nSPS) is 12.4. The molecular formula is C16H27ClN2O4S. The maximum atomic E-state index is 11.7. The highest BCUT2D eigenvalue weighted by Gasteiger charge is 2.15. The van der Waals surface area contributed by atoms with Gasteiger partial charge in [0.1, 0.15) is 22.2 Å². The van der Waals surface area contributed by atoms with E-state index in [1.54, 1.807) is 0 Å². The lowest BCUT2D eigenvalue weighted by molar-refractivity contribution is -0.122. The summed E-state index contributed by atoms with van der Waals surface area (Å²) in [5, 5.41) is 2.63. The van der Waals surface area contributed by atoms with Gasteiger partial charge in [-0.05, 0) is 30.0 Å². The van der Waals surface area contributed by atoms with Gasteiger partial charge in [-0.15, -0.1) is 12.4 Å². The van der Waals surface area contributed by atoms with Gasteiger partial charge in [-0.2, -0.15) is 0 Å². The van der Waals surface area contributed by atoms with Crippen LogP contribution in [0.1, 0.15) is 31.7 Å². The van der Waals surface area contributed by atoms with Crippen molar-refractivity contribution in [3.63, 3.8) is 0 Å². The van der Waals surface area contributed by atoms with Crippen molar-refractivity contribution in [2.24, 2.45) is 5.73 Å². The number of rotatable bonds is 9. The van der Waals surface area contributed by atoms with Gasteiger partial charge in [-0.3, -0.25) is 4.79 Å². The number of nitrogens with two attached hydrogens (primary N) is 1. The monoisotopic (exact) mass is 378 g/mol. The molecule has 1 amide bonds. The molecule has 24 heavy (non-hydrogen) atoms. The number of hydrogen-bond donors (Lipinski definition) is 2. The van der Waals surface area contributed by atoms with Crippen molar-refractivity contribution in [1.82, 2.24) is 5.32 Å². The predicted molar refractivity (Wildman–Crippen MR) is 98.6 cm³/mol. The fraction of sp³-hybridized carbons (Fsp3) is 0.562. The molecule has 0 aliphatic carbocycles. The SMILES string of the molecule is CC(C)c1ccc(OCCNC(=O)C(N)CCS(C)(=O)=O)cc1.Cl. The number of ether oxygens (including phenoxy) is 1. The van der Waals surface area contributed by atoms with E-state index in [9.17, 15) is 13.2 Å². The molecule has 6 nitrogen and oxygen atoms in total. The molecule has 0 saturated carbocycles. The van der Waals surface area contributed by atoms with Crippen LogP contribution >= 0.6 is 12.4 Å². The van der Waals surface area contributed by atoms with E-state index in [0.29, 0.717) is 19.1 Å². The van der Waals surface area contributed by atoms with Crippen LogP contribution in [0.4, 0.5) is 0 Å². The smallest absolute Gasteiger partial charge is 0.237 e. The van der Waals surface area contributed by atoms with E-state index in [0.717, 1.165) is 12.0 Å². The Kier molecular flexibility index (Phi) is 9.96. The molecule has 0 bridgehead atoms. The molecule has 0 spiro atoms. The van der Waals surface area contributed by atoms with E-state index < -0.39 is 15.9 Å². The van der Waals surface area contributed by atoms with Gasteiger partial charge in [0.2, 0.25) is 5.91 Å². The molecule has 138 valence electrons. The van der Waals surface area contributed by atoms with Crippen molar-refractivity contribution >= 4 is 28.2 Å². The summed E-state index contributed by atoms with van der Waals surface area (Å²) in [6.45, 7) is 4.89. The second kappa shape index (κ2) is 10.5. The summed E-state index contributed by atoms with van der Waals surface area (Å²) in [5.74, 6) is 0.745. The molecule has 0 radical (unpaired) electrons.